The van der Waals surface area contributed by atoms with Crippen LogP contribution in [0, 0.1) is 0 Å². The fourth-order valence-electron chi connectivity index (χ4n) is 4.61. The van der Waals surface area contributed by atoms with Crippen LogP contribution in [0.1, 0.15) is 88.8 Å². The lowest BCUT2D eigenvalue weighted by Crippen LogP contribution is -2.30. The van der Waals surface area contributed by atoms with E-state index in [4.69, 9.17) is 5.10 Å². The second-order valence-corrected chi connectivity index (χ2v) is 9.24. The van der Waals surface area contributed by atoms with E-state index in [9.17, 15) is 0 Å². The quantitative estimate of drug-likeness (QED) is 0.278. The van der Waals surface area contributed by atoms with Crippen molar-refractivity contribution in [3.8, 4) is 11.3 Å². The largest absolute Gasteiger partial charge is 0.154 e. The molecule has 0 unspecified atom stereocenters. The maximum absolute atomic E-state index is 4.75. The lowest BCUT2D eigenvalue weighted by Gasteiger charge is -2.36. The Labute approximate surface area is 179 Å². The van der Waals surface area contributed by atoms with Crippen molar-refractivity contribution in [3.63, 3.8) is 0 Å². The molecule has 3 heteroatoms. The summed E-state index contributed by atoms with van der Waals surface area (Å²) in [4.78, 5) is 0. The fourth-order valence-corrected chi connectivity index (χ4v) is 5.01. The normalized spacial score (nSPS) is 16.2. The van der Waals surface area contributed by atoms with Gasteiger partial charge in [-0.05, 0) is 56.2 Å². The topological polar surface area (TPSA) is 25.8 Å². The molecular formula is C25H35BrN2. The summed E-state index contributed by atoms with van der Waals surface area (Å²) in [7, 11) is 0. The molecule has 1 aromatic carbocycles. The Hall–Kier alpha value is -1.22. The zero-order chi connectivity index (χ0) is 19.7. The smallest absolute Gasteiger partial charge is 0.0929 e. The predicted molar refractivity (Wildman–Crippen MR) is 123 cm³/mol. The molecule has 3 rings (SSSR count). The zero-order valence-corrected chi connectivity index (χ0v) is 19.0. The minimum Gasteiger partial charge on any atom is -0.154 e. The number of hydrogen-bond donors (Lipinski definition) is 0. The number of rotatable bonds is 10. The number of hydrogen-bond acceptors (Lipinski definition) is 2. The van der Waals surface area contributed by atoms with E-state index < -0.39 is 0 Å². The lowest BCUT2D eigenvalue weighted by atomic mass is 9.68. The minimum atomic E-state index is 0.259. The minimum absolute atomic E-state index is 0.259. The number of benzene rings is 1. The van der Waals surface area contributed by atoms with Gasteiger partial charge in [-0.1, -0.05) is 85.6 Å². The van der Waals surface area contributed by atoms with Gasteiger partial charge in [-0.2, -0.15) is 10.2 Å². The molecule has 0 saturated heterocycles. The van der Waals surface area contributed by atoms with E-state index in [0.717, 1.165) is 11.0 Å². The molecule has 1 saturated carbocycles. The van der Waals surface area contributed by atoms with Crippen LogP contribution in [0.25, 0.3) is 11.3 Å². The van der Waals surface area contributed by atoms with E-state index >= 15 is 0 Å². The van der Waals surface area contributed by atoms with Crippen LogP contribution in [0.15, 0.2) is 36.4 Å². The first-order valence-corrected chi connectivity index (χ1v) is 12.4. The molecule has 1 aromatic heterocycles. The molecule has 0 amide bonds. The van der Waals surface area contributed by atoms with Gasteiger partial charge >= 0.3 is 0 Å². The monoisotopic (exact) mass is 442 g/mol. The zero-order valence-electron chi connectivity index (χ0n) is 17.4. The van der Waals surface area contributed by atoms with Crippen LogP contribution in [-0.4, -0.2) is 15.5 Å². The van der Waals surface area contributed by atoms with E-state index in [1.165, 1.54) is 93.9 Å². The van der Waals surface area contributed by atoms with E-state index in [1.54, 1.807) is 0 Å². The Morgan fingerprint density at radius 3 is 2.29 bits per heavy atom. The first-order valence-electron chi connectivity index (χ1n) is 11.3. The van der Waals surface area contributed by atoms with Crippen LogP contribution >= 0.6 is 15.9 Å². The first kappa shape index (κ1) is 21.5. The predicted octanol–water partition coefficient (Wildman–Crippen LogP) is 7.64. The number of alkyl halides is 1. The van der Waals surface area contributed by atoms with Crippen LogP contribution in [-0.2, 0) is 11.8 Å². The van der Waals surface area contributed by atoms with Gasteiger partial charge in [-0.25, -0.2) is 0 Å². The van der Waals surface area contributed by atoms with Crippen molar-refractivity contribution in [2.75, 3.05) is 5.33 Å². The van der Waals surface area contributed by atoms with Gasteiger partial charge in [0.15, 0.2) is 0 Å². The van der Waals surface area contributed by atoms with Crippen molar-refractivity contribution in [3.05, 3.63) is 47.7 Å². The molecule has 0 N–H and O–H groups in total. The van der Waals surface area contributed by atoms with Gasteiger partial charge in [0, 0.05) is 16.3 Å². The Kier molecular flexibility index (Phi) is 8.51. The summed E-state index contributed by atoms with van der Waals surface area (Å²) in [5, 5.41) is 10.5. The summed E-state index contributed by atoms with van der Waals surface area (Å²) in [6.07, 6.45) is 15.4. The molecule has 1 aliphatic rings. The molecule has 0 spiro atoms. The van der Waals surface area contributed by atoms with Crippen LogP contribution in [0.3, 0.4) is 0 Å². The number of halogens is 1. The summed E-state index contributed by atoms with van der Waals surface area (Å²) in [6.45, 7) is 2.25. The highest BCUT2D eigenvalue weighted by Gasteiger charge is 2.34. The molecule has 152 valence electrons. The molecule has 0 atom stereocenters. The van der Waals surface area contributed by atoms with Crippen molar-refractivity contribution in [1.29, 1.82) is 0 Å². The first-order chi connectivity index (χ1) is 13.8. The fraction of sp³-hybridized carbons (Fsp3) is 0.600. The van der Waals surface area contributed by atoms with E-state index in [-0.39, 0.29) is 5.41 Å². The van der Waals surface area contributed by atoms with Gasteiger partial charge in [0.25, 0.3) is 0 Å². The van der Waals surface area contributed by atoms with E-state index in [2.05, 4.69) is 64.4 Å². The molecule has 28 heavy (non-hydrogen) atoms. The number of unbranched alkanes of at least 4 members (excludes halogenated alkanes) is 3. The molecule has 2 aromatic rings. The Bertz CT molecular complexity index is 687. The Morgan fingerprint density at radius 2 is 1.64 bits per heavy atom. The van der Waals surface area contributed by atoms with Crippen LogP contribution < -0.4 is 0 Å². The molecule has 0 aliphatic heterocycles. The van der Waals surface area contributed by atoms with Crippen LogP contribution in [0.2, 0.25) is 0 Å². The van der Waals surface area contributed by atoms with Crippen LogP contribution in [0.5, 0.6) is 0 Å². The summed E-state index contributed by atoms with van der Waals surface area (Å²) < 4.78 is 0. The standard InChI is InChI=1S/C25H35BrN2/c1-2-3-5-10-21-11-13-22(14-12-21)23-15-16-24(28-27-23)25(19-8-9-20-26)17-6-4-7-18-25/h11-16H,2-10,17-20H2,1H3. The van der Waals surface area contributed by atoms with Gasteiger partial charge < -0.3 is 0 Å². The average molecular weight is 443 g/mol. The van der Waals surface area contributed by atoms with Gasteiger partial charge in [-0.15, -0.1) is 0 Å². The summed E-state index contributed by atoms with van der Waals surface area (Å²) in [6, 6.07) is 13.4. The molecule has 1 aliphatic carbocycles. The highest BCUT2D eigenvalue weighted by atomic mass is 79.9. The molecule has 1 heterocycles. The molecule has 1 fully saturated rings. The van der Waals surface area contributed by atoms with Gasteiger partial charge in [0.1, 0.15) is 0 Å². The number of nitrogens with zero attached hydrogens (tertiary/aromatic N) is 2. The molecular weight excluding hydrogens is 408 g/mol. The van der Waals surface area contributed by atoms with Gasteiger partial charge in [0.05, 0.1) is 11.4 Å². The maximum Gasteiger partial charge on any atom is 0.0929 e. The van der Waals surface area contributed by atoms with E-state index in [1.807, 2.05) is 0 Å². The molecule has 0 radical (unpaired) electrons. The Morgan fingerprint density at radius 1 is 0.857 bits per heavy atom. The Balaban J connectivity index is 1.70. The number of aryl methyl sites for hydroxylation is 1. The maximum atomic E-state index is 4.75. The average Bonchev–Trinajstić information content (AvgIpc) is 2.75. The van der Waals surface area contributed by atoms with Crippen LogP contribution in [0.4, 0.5) is 0 Å². The van der Waals surface area contributed by atoms with Gasteiger partial charge in [0.2, 0.25) is 0 Å². The SMILES string of the molecule is CCCCCc1ccc(-c2ccc(C3(CCCCBr)CCCCC3)nn2)cc1. The third kappa shape index (κ3) is 5.65. The third-order valence-electron chi connectivity index (χ3n) is 6.38. The second-order valence-electron chi connectivity index (χ2n) is 8.44. The van der Waals surface area contributed by atoms with Crippen molar-refractivity contribution < 1.29 is 0 Å². The molecule has 2 nitrogen and oxygen atoms in total. The summed E-state index contributed by atoms with van der Waals surface area (Å²) in [5.41, 5.74) is 5.08. The molecule has 0 bridgehead atoms. The second kappa shape index (κ2) is 11.1. The highest BCUT2D eigenvalue weighted by Crippen LogP contribution is 2.42. The van der Waals surface area contributed by atoms with Crippen molar-refractivity contribution >= 4 is 15.9 Å². The van der Waals surface area contributed by atoms with Crippen molar-refractivity contribution in [2.45, 2.75) is 89.4 Å². The summed E-state index contributed by atoms with van der Waals surface area (Å²) >= 11 is 3.58. The third-order valence-corrected chi connectivity index (χ3v) is 6.94. The van der Waals surface area contributed by atoms with Crippen molar-refractivity contribution in [1.82, 2.24) is 10.2 Å². The number of aromatic nitrogens is 2. The van der Waals surface area contributed by atoms with E-state index in [0.29, 0.717) is 0 Å². The van der Waals surface area contributed by atoms with Gasteiger partial charge in [-0.3, -0.25) is 0 Å². The lowest BCUT2D eigenvalue weighted by molar-refractivity contribution is 0.259. The summed E-state index contributed by atoms with van der Waals surface area (Å²) in [5.74, 6) is 0. The van der Waals surface area contributed by atoms with Crippen molar-refractivity contribution in [2.24, 2.45) is 0 Å². The highest BCUT2D eigenvalue weighted by molar-refractivity contribution is 9.09.